The number of rotatable bonds is 3. The van der Waals surface area contributed by atoms with Crippen LogP contribution >= 0.6 is 0 Å². The Hall–Kier alpha value is -1.99. The van der Waals surface area contributed by atoms with Crippen LogP contribution in [0.5, 0.6) is 0 Å². The molecule has 3 heterocycles. The smallest absolute Gasteiger partial charge is 0.367 e. The lowest BCUT2D eigenvalue weighted by molar-refractivity contribution is -0.174. The normalized spacial score (nSPS) is 27.3. The number of allylic oxidation sites excluding steroid dienone is 2. The molecular weight excluding hydrogens is 405 g/mol. The van der Waals surface area contributed by atoms with Crippen molar-refractivity contribution < 1.29 is 18.0 Å². The van der Waals surface area contributed by atoms with Crippen LogP contribution in [-0.2, 0) is 10.2 Å². The number of piperidine rings is 1. The molecule has 1 aliphatic carbocycles. The number of amides is 1. The third-order valence-electron chi connectivity index (χ3n) is 7.00. The Labute approximate surface area is 182 Å². The van der Waals surface area contributed by atoms with Crippen molar-refractivity contribution in [3.05, 3.63) is 23.9 Å². The summed E-state index contributed by atoms with van der Waals surface area (Å²) in [6.45, 7) is 7.11. The van der Waals surface area contributed by atoms with Gasteiger partial charge in [0, 0.05) is 37.0 Å². The molecule has 8 heteroatoms. The zero-order chi connectivity index (χ0) is 22.4. The van der Waals surface area contributed by atoms with E-state index in [1.165, 1.54) is 0 Å². The van der Waals surface area contributed by atoms with Gasteiger partial charge >= 0.3 is 6.18 Å². The van der Waals surface area contributed by atoms with Crippen LogP contribution in [-0.4, -0.2) is 45.9 Å². The molecule has 2 aliphatic heterocycles. The van der Waals surface area contributed by atoms with Gasteiger partial charge in [-0.2, -0.15) is 18.3 Å². The molecule has 1 aromatic rings. The number of fused-ring (bicyclic) bond motifs is 1. The lowest BCUT2D eigenvalue weighted by atomic mass is 9.84. The zero-order valence-corrected chi connectivity index (χ0v) is 18.6. The molecule has 1 N–H and O–H groups in total. The fraction of sp³-hybridized carbons (Fsp3) is 0.739. The van der Waals surface area contributed by atoms with Gasteiger partial charge in [0.15, 0.2) is 6.04 Å². The van der Waals surface area contributed by atoms with E-state index >= 15 is 0 Å². The van der Waals surface area contributed by atoms with Crippen LogP contribution < -0.4 is 5.32 Å². The molecule has 3 aliphatic rings. The minimum atomic E-state index is -4.35. The van der Waals surface area contributed by atoms with E-state index in [1.54, 1.807) is 6.07 Å². The Morgan fingerprint density at radius 1 is 1.19 bits per heavy atom. The minimum Gasteiger partial charge on any atom is -0.367 e. The standard InChI is InChI=1S/C23H33F3N4O/c1-22(2,3)18-14-20-27-17(13-19(23(24,25)26)30(20)28-18)16-8-10-29(11-9-16)21(31)12-15-6-4-5-7-15/h4,6,14-17,19,27H,5,7-13H2,1-3H3/t15-,17-,19+/m0/s1. The van der Waals surface area contributed by atoms with Crippen LogP contribution in [0.4, 0.5) is 19.0 Å². The highest BCUT2D eigenvalue weighted by Crippen LogP contribution is 2.43. The maximum absolute atomic E-state index is 13.9. The van der Waals surface area contributed by atoms with Crippen LogP contribution in [0.25, 0.3) is 0 Å². The first kappa shape index (κ1) is 22.2. The summed E-state index contributed by atoms with van der Waals surface area (Å²) in [5, 5.41) is 7.66. The van der Waals surface area contributed by atoms with Crippen LogP contribution in [0.1, 0.15) is 71.0 Å². The maximum Gasteiger partial charge on any atom is 0.410 e. The lowest BCUT2D eigenvalue weighted by Gasteiger charge is -2.41. The predicted octanol–water partition coefficient (Wildman–Crippen LogP) is 5.06. The first-order valence-electron chi connectivity index (χ1n) is 11.4. The summed E-state index contributed by atoms with van der Waals surface area (Å²) >= 11 is 0. The lowest BCUT2D eigenvalue weighted by Crippen LogP contribution is -2.47. The Kier molecular flexibility index (Phi) is 5.85. The van der Waals surface area contributed by atoms with Gasteiger partial charge in [-0.05, 0) is 43.9 Å². The summed E-state index contributed by atoms with van der Waals surface area (Å²) in [5.74, 6) is 1.08. The molecule has 1 aromatic heterocycles. The molecule has 0 radical (unpaired) electrons. The molecular formula is C23H33F3N4O. The van der Waals surface area contributed by atoms with Crippen molar-refractivity contribution in [2.24, 2.45) is 11.8 Å². The van der Waals surface area contributed by atoms with Crippen molar-refractivity contribution in [1.29, 1.82) is 0 Å². The molecule has 31 heavy (non-hydrogen) atoms. The molecule has 0 aromatic carbocycles. The van der Waals surface area contributed by atoms with E-state index in [-0.39, 0.29) is 29.7 Å². The van der Waals surface area contributed by atoms with Crippen molar-refractivity contribution in [2.45, 2.75) is 83.0 Å². The van der Waals surface area contributed by atoms with E-state index in [0.29, 0.717) is 36.9 Å². The second kappa shape index (κ2) is 8.17. The summed E-state index contributed by atoms with van der Waals surface area (Å²) in [6.07, 6.45) is 3.99. The van der Waals surface area contributed by atoms with Gasteiger partial charge in [0.1, 0.15) is 5.82 Å². The summed E-state index contributed by atoms with van der Waals surface area (Å²) < 4.78 is 42.8. The van der Waals surface area contributed by atoms with E-state index in [0.717, 1.165) is 30.4 Å². The van der Waals surface area contributed by atoms with Crippen molar-refractivity contribution in [3.8, 4) is 0 Å². The second-order valence-electron chi connectivity index (χ2n) is 10.3. The Morgan fingerprint density at radius 2 is 1.90 bits per heavy atom. The number of aromatic nitrogens is 2. The highest BCUT2D eigenvalue weighted by atomic mass is 19.4. The molecule has 0 bridgehead atoms. The minimum absolute atomic E-state index is 0.0206. The molecule has 3 atom stereocenters. The van der Waals surface area contributed by atoms with Crippen molar-refractivity contribution in [2.75, 3.05) is 18.4 Å². The quantitative estimate of drug-likeness (QED) is 0.671. The second-order valence-corrected chi connectivity index (χ2v) is 10.3. The number of hydrogen-bond donors (Lipinski definition) is 1. The molecule has 4 rings (SSSR count). The number of hydrogen-bond acceptors (Lipinski definition) is 3. The number of carbonyl (C=O) groups is 1. The van der Waals surface area contributed by atoms with Gasteiger partial charge in [0.25, 0.3) is 0 Å². The topological polar surface area (TPSA) is 50.2 Å². The van der Waals surface area contributed by atoms with E-state index in [1.807, 2.05) is 25.7 Å². The number of halogens is 3. The molecule has 1 saturated heterocycles. The predicted molar refractivity (Wildman–Crippen MR) is 114 cm³/mol. The van der Waals surface area contributed by atoms with E-state index < -0.39 is 12.2 Å². The summed E-state index contributed by atoms with van der Waals surface area (Å²) in [6, 6.07) is -0.115. The molecule has 0 unspecified atom stereocenters. The first-order chi connectivity index (χ1) is 14.5. The Balaban J connectivity index is 1.43. The van der Waals surface area contributed by atoms with Gasteiger partial charge in [-0.25, -0.2) is 4.68 Å². The third kappa shape index (κ3) is 4.77. The molecule has 0 saturated carbocycles. The zero-order valence-electron chi connectivity index (χ0n) is 18.6. The Morgan fingerprint density at radius 3 is 2.48 bits per heavy atom. The van der Waals surface area contributed by atoms with Crippen LogP contribution in [0.15, 0.2) is 18.2 Å². The average Bonchev–Trinajstić information content (AvgIpc) is 3.35. The van der Waals surface area contributed by atoms with Crippen molar-refractivity contribution in [3.63, 3.8) is 0 Å². The van der Waals surface area contributed by atoms with E-state index in [9.17, 15) is 18.0 Å². The SMILES string of the molecule is CC(C)(C)c1cc2n(n1)[C@@H](C(F)(F)F)C[C@@H](C1CCN(C(=O)C[C@H]3C=CCC3)CC1)N2. The molecule has 1 amide bonds. The molecule has 5 nitrogen and oxygen atoms in total. The van der Waals surface area contributed by atoms with Gasteiger partial charge in [-0.3, -0.25) is 4.79 Å². The number of nitrogens with zero attached hydrogens (tertiary/aromatic N) is 3. The van der Waals surface area contributed by atoms with Crippen LogP contribution in [0.2, 0.25) is 0 Å². The fourth-order valence-corrected chi connectivity index (χ4v) is 5.05. The van der Waals surface area contributed by atoms with Crippen LogP contribution in [0, 0.1) is 11.8 Å². The van der Waals surface area contributed by atoms with Crippen molar-refractivity contribution in [1.82, 2.24) is 14.7 Å². The number of anilines is 1. The first-order valence-corrected chi connectivity index (χ1v) is 11.4. The van der Waals surface area contributed by atoms with E-state index in [2.05, 4.69) is 22.6 Å². The Bertz CT molecular complexity index is 831. The molecule has 172 valence electrons. The van der Waals surface area contributed by atoms with Gasteiger partial charge in [-0.15, -0.1) is 0 Å². The largest absolute Gasteiger partial charge is 0.410 e. The van der Waals surface area contributed by atoms with Gasteiger partial charge < -0.3 is 10.2 Å². The number of nitrogens with one attached hydrogen (secondary N) is 1. The van der Waals surface area contributed by atoms with E-state index in [4.69, 9.17) is 0 Å². The molecule has 0 spiro atoms. The highest BCUT2D eigenvalue weighted by molar-refractivity contribution is 5.76. The molecule has 1 fully saturated rings. The maximum atomic E-state index is 13.9. The fourth-order valence-electron chi connectivity index (χ4n) is 5.05. The number of alkyl halides is 3. The van der Waals surface area contributed by atoms with Crippen molar-refractivity contribution >= 4 is 11.7 Å². The number of carbonyl (C=O) groups excluding carboxylic acids is 1. The summed E-state index contributed by atoms with van der Waals surface area (Å²) in [4.78, 5) is 14.5. The van der Waals surface area contributed by atoms with Crippen LogP contribution in [0.3, 0.4) is 0 Å². The van der Waals surface area contributed by atoms with Gasteiger partial charge in [-0.1, -0.05) is 32.9 Å². The van der Waals surface area contributed by atoms with Gasteiger partial charge in [0.2, 0.25) is 5.91 Å². The highest BCUT2D eigenvalue weighted by Gasteiger charge is 2.48. The summed E-state index contributed by atoms with van der Waals surface area (Å²) in [7, 11) is 0. The third-order valence-corrected chi connectivity index (χ3v) is 7.00. The van der Waals surface area contributed by atoms with Gasteiger partial charge in [0.05, 0.1) is 5.69 Å². The average molecular weight is 439 g/mol. The monoisotopic (exact) mass is 438 g/mol. The summed E-state index contributed by atoms with van der Waals surface area (Å²) in [5.41, 5.74) is 0.337. The number of likely N-dealkylation sites (tertiary alicyclic amines) is 1.